The van der Waals surface area contributed by atoms with Crippen LogP contribution >= 0.6 is 0 Å². The van der Waals surface area contributed by atoms with Crippen LogP contribution in [0.5, 0.6) is 0 Å². The zero-order valence-electron chi connectivity index (χ0n) is 42.2. The van der Waals surface area contributed by atoms with Gasteiger partial charge in [-0.3, -0.25) is 48.2 Å². The quantitative estimate of drug-likeness (QED) is 0.0199. The molecule has 0 saturated carbocycles. The number of alkyl carbamates (subject to hydrolysis) is 1. The minimum atomic E-state index is -2.32. The van der Waals surface area contributed by atoms with E-state index in [9.17, 15) is 68.4 Å². The SMILES string of the molecule is [2H]N(C(=O)[C@@H](NC(=O)OC(C)(C)C)[C@H](O)C(C)C)[C@@H](CC(C)C)C(=O)N[C@@H](CCCN=C(N)N)C(=O)N[C@H](C(=O)N[C@H](C(=O)NCC(=O)N(C(=O)[C@@H](N)[C@H](O)C(N)=O)[C@@H](C)C(=O)O)[C@H](C)O)[C@@H](C)CC. The highest BCUT2D eigenvalue weighted by atomic mass is 16.6. The predicted molar refractivity (Wildman–Crippen MR) is 247 cm³/mol. The van der Waals surface area contributed by atoms with Crippen LogP contribution in [0, 0.1) is 17.8 Å². The molecule has 0 aliphatic heterocycles. The summed E-state index contributed by atoms with van der Waals surface area (Å²) in [6.45, 7) is 15.2. The molecule has 69 heavy (non-hydrogen) atoms. The van der Waals surface area contributed by atoms with E-state index in [1.54, 1.807) is 62.3 Å². The molecule has 11 atom stereocenters. The molecule has 0 aromatic carbocycles. The molecule has 0 heterocycles. The molecule has 0 rings (SSSR count). The number of carboxylic acids is 1. The van der Waals surface area contributed by atoms with E-state index < -0.39 is 144 Å². The Morgan fingerprint density at radius 1 is 0.754 bits per heavy atom. The van der Waals surface area contributed by atoms with Crippen molar-refractivity contribution in [2.45, 2.75) is 168 Å². The molecule has 0 aromatic rings. The first-order valence-electron chi connectivity index (χ1n) is 22.8. The minimum Gasteiger partial charge on any atom is -0.480 e. The summed E-state index contributed by atoms with van der Waals surface area (Å²) in [4.78, 5) is 136. The average molecular weight is 990 g/mol. The van der Waals surface area contributed by atoms with Crippen molar-refractivity contribution < 1.29 is 74.5 Å². The second-order valence-electron chi connectivity index (χ2n) is 18.3. The first-order chi connectivity index (χ1) is 32.1. The number of hydrogen-bond acceptors (Lipinski definition) is 16. The maximum atomic E-state index is 14.2. The van der Waals surface area contributed by atoms with Crippen molar-refractivity contribution in [2.75, 3.05) is 13.1 Å². The van der Waals surface area contributed by atoms with Gasteiger partial charge in [0.15, 0.2) is 13.5 Å². The van der Waals surface area contributed by atoms with Crippen molar-refractivity contribution in [3.63, 3.8) is 0 Å². The lowest BCUT2D eigenvalue weighted by Gasteiger charge is -2.31. The fraction of sp³-hybridized carbons (Fsp3) is 0.738. The summed E-state index contributed by atoms with van der Waals surface area (Å²) in [5.41, 5.74) is 20.5. The lowest BCUT2D eigenvalue weighted by atomic mass is 9.96. The van der Waals surface area contributed by atoms with Gasteiger partial charge in [-0.05, 0) is 71.6 Å². The first-order valence-corrected chi connectivity index (χ1v) is 22.3. The van der Waals surface area contributed by atoms with Crippen LogP contribution in [0.4, 0.5) is 4.79 Å². The van der Waals surface area contributed by atoms with E-state index in [2.05, 4.69) is 31.6 Å². The van der Waals surface area contributed by atoms with Crippen molar-refractivity contribution >= 4 is 65.3 Å². The number of carbonyl (C=O) groups is 10. The summed E-state index contributed by atoms with van der Waals surface area (Å²) in [7, 11) is 0. The number of ether oxygens (including phenoxy) is 1. The Morgan fingerprint density at radius 3 is 1.77 bits per heavy atom. The second-order valence-corrected chi connectivity index (χ2v) is 18.3. The first kappa shape index (κ1) is 60.8. The number of aliphatic hydroxyl groups excluding tert-OH is 3. The van der Waals surface area contributed by atoms with Crippen molar-refractivity contribution in [2.24, 2.45) is 45.7 Å². The Bertz CT molecular complexity index is 1880. The van der Waals surface area contributed by atoms with Crippen molar-refractivity contribution in [3.8, 4) is 0 Å². The lowest BCUT2D eigenvalue weighted by molar-refractivity contribution is -0.159. The minimum absolute atomic E-state index is 0.0300. The van der Waals surface area contributed by atoms with Crippen LogP contribution in [0.1, 0.15) is 102 Å². The average Bonchev–Trinajstić information content (AvgIpc) is 3.25. The number of nitrogens with two attached hydrogens (primary N) is 4. The number of amides is 9. The Labute approximate surface area is 402 Å². The highest BCUT2D eigenvalue weighted by Crippen LogP contribution is 2.15. The Morgan fingerprint density at radius 2 is 1.30 bits per heavy atom. The van der Waals surface area contributed by atoms with Crippen LogP contribution in [0.3, 0.4) is 0 Å². The number of aliphatic hydroxyl groups is 3. The summed E-state index contributed by atoms with van der Waals surface area (Å²) in [6.07, 6.45) is -6.68. The molecule has 0 spiro atoms. The molecule has 0 aliphatic carbocycles. The third-order valence-electron chi connectivity index (χ3n) is 10.3. The van der Waals surface area contributed by atoms with Gasteiger partial charge in [-0.1, -0.05) is 48.0 Å². The van der Waals surface area contributed by atoms with Crippen LogP contribution in [0.25, 0.3) is 0 Å². The zero-order valence-corrected chi connectivity index (χ0v) is 41.2. The van der Waals surface area contributed by atoms with E-state index >= 15 is 0 Å². The number of nitrogens with zero attached hydrogens (tertiary/aromatic N) is 2. The number of primary amides is 1. The van der Waals surface area contributed by atoms with E-state index in [0.717, 1.165) is 13.8 Å². The van der Waals surface area contributed by atoms with Gasteiger partial charge in [0.2, 0.25) is 47.3 Å². The summed E-state index contributed by atoms with van der Waals surface area (Å²) >= 11 is 0. The van der Waals surface area contributed by atoms with E-state index in [-0.39, 0.29) is 49.0 Å². The second kappa shape index (κ2) is 29.0. The summed E-state index contributed by atoms with van der Waals surface area (Å²) in [5, 5.41) is 53.0. The third-order valence-corrected chi connectivity index (χ3v) is 10.3. The topological polar surface area (TPSA) is 453 Å². The largest absolute Gasteiger partial charge is 0.480 e. The van der Waals surface area contributed by atoms with Gasteiger partial charge in [0.05, 0.1) is 18.8 Å². The number of carbonyl (C=O) groups excluding carboxylic acids is 9. The van der Waals surface area contributed by atoms with Crippen LogP contribution in [0.2, 0.25) is 1.41 Å². The number of nitrogens with one attached hydrogen (secondary N) is 6. The maximum Gasteiger partial charge on any atom is 0.408 e. The summed E-state index contributed by atoms with van der Waals surface area (Å²) in [6, 6.07) is -12.3. The van der Waals surface area contributed by atoms with Gasteiger partial charge in [0.1, 0.15) is 47.9 Å². The molecule has 0 aliphatic rings. The molecule has 0 saturated heterocycles. The highest BCUT2D eigenvalue weighted by Gasteiger charge is 2.40. The van der Waals surface area contributed by atoms with Crippen molar-refractivity contribution in [1.82, 2.24) is 36.8 Å². The van der Waals surface area contributed by atoms with Crippen LogP contribution in [-0.2, 0) is 47.9 Å². The summed E-state index contributed by atoms with van der Waals surface area (Å²) in [5.74, 6) is -13.5. The Hall–Kier alpha value is -6.19. The molecule has 0 unspecified atom stereocenters. The fourth-order valence-corrected chi connectivity index (χ4v) is 6.13. The molecule has 0 bridgehead atoms. The van der Waals surface area contributed by atoms with Crippen LogP contribution in [-0.4, -0.2) is 170 Å². The Balaban J connectivity index is 6.82. The summed E-state index contributed by atoms with van der Waals surface area (Å²) < 4.78 is 14.1. The maximum absolute atomic E-state index is 14.2. The number of imide groups is 1. The van der Waals surface area contributed by atoms with Gasteiger partial charge in [0, 0.05) is 6.54 Å². The van der Waals surface area contributed by atoms with Gasteiger partial charge >= 0.3 is 12.1 Å². The van der Waals surface area contributed by atoms with Gasteiger partial charge in [0.25, 0.3) is 0 Å². The number of carboxylic acid groups (broad SMARTS) is 1. The molecular weight excluding hydrogens is 913 g/mol. The Kier molecular flexibility index (Phi) is 25.5. The predicted octanol–water partition coefficient (Wildman–Crippen LogP) is -4.52. The van der Waals surface area contributed by atoms with Gasteiger partial charge < -0.3 is 80.0 Å². The van der Waals surface area contributed by atoms with Gasteiger partial charge in [-0.25, -0.2) is 9.59 Å². The van der Waals surface area contributed by atoms with Gasteiger partial charge in [-0.2, -0.15) is 0 Å². The number of hydrogen-bond donors (Lipinski definition) is 14. The van der Waals surface area contributed by atoms with E-state index in [1.807, 2.05) is 0 Å². The van der Waals surface area contributed by atoms with Crippen LogP contribution < -0.4 is 54.8 Å². The molecule has 0 radical (unpaired) electrons. The molecule has 18 N–H and O–H groups in total. The van der Waals surface area contributed by atoms with Crippen molar-refractivity contribution in [1.29, 1.82) is 0 Å². The van der Waals surface area contributed by atoms with Crippen LogP contribution in [0.15, 0.2) is 4.99 Å². The number of aliphatic carboxylic acids is 1. The van der Waals surface area contributed by atoms with Crippen molar-refractivity contribution in [3.05, 3.63) is 0 Å². The number of aliphatic imine (C=N–C) groups is 1. The monoisotopic (exact) mass is 990 g/mol. The lowest BCUT2D eigenvalue weighted by Crippen LogP contribution is -2.62. The molecular formula is C42H76N12O15. The van der Waals surface area contributed by atoms with Gasteiger partial charge in [-0.15, -0.1) is 0 Å². The van der Waals surface area contributed by atoms with E-state index in [4.69, 9.17) is 29.1 Å². The number of guanidine groups is 1. The smallest absolute Gasteiger partial charge is 0.408 e. The number of rotatable bonds is 28. The zero-order chi connectivity index (χ0) is 54.7. The molecule has 9 amide bonds. The standard InChI is InChI=1S/C42H76N12O15/c1-12-20(6)27(36(63)52-28(22(8)55)35(62)48-17-25(56)54(21(7)39(66)67)38(65)26(43)31(58)32(44)59)51-33(60)23(14-13-15-47-40(45)46)49-34(61)24(16-18(2)3)50-37(64)29(30(57)19(4)5)53-41(68)69-42(9,10)11/h18-24,26-31,55,57-58H,12-17,43H2,1-11H3,(H2,44,59)(H,48,62)(H,49,61)(H,50,64)(H,51,60)(H,52,63)(H,53,68)(H,66,67)(H4,45,46,47)/t20-,21-,22-,23-,24-,26-,27-,28-,29-,30+,31-/m0/s1/i/hD. The van der Waals surface area contributed by atoms with E-state index in [0.29, 0.717) is 5.31 Å². The highest BCUT2D eigenvalue weighted by molar-refractivity contribution is 6.05. The normalized spacial score (nSPS) is 16.4. The van der Waals surface area contributed by atoms with E-state index in [1.165, 1.54) is 0 Å². The molecule has 394 valence electrons. The molecule has 0 aromatic heterocycles. The molecule has 27 heteroatoms. The third kappa shape index (κ3) is 21.8. The fourth-order valence-electron chi connectivity index (χ4n) is 6.13. The molecule has 0 fully saturated rings. The molecule has 27 nitrogen and oxygen atoms in total.